The van der Waals surface area contributed by atoms with Gasteiger partial charge in [0, 0.05) is 12.6 Å². The highest BCUT2D eigenvalue weighted by molar-refractivity contribution is 5.99. The summed E-state index contributed by atoms with van der Waals surface area (Å²) in [7, 11) is 1.10. The molecule has 0 saturated carbocycles. The van der Waals surface area contributed by atoms with Gasteiger partial charge in [0.15, 0.2) is 5.78 Å². The van der Waals surface area contributed by atoms with E-state index in [1.165, 1.54) is 19.1 Å². The minimum absolute atomic E-state index is 0.0586. The van der Waals surface area contributed by atoms with E-state index < -0.39 is 24.3 Å². The molecule has 0 atom stereocenters. The van der Waals surface area contributed by atoms with E-state index in [9.17, 15) is 22.4 Å². The van der Waals surface area contributed by atoms with Gasteiger partial charge in [0.2, 0.25) is 0 Å². The number of ketones is 1. The third-order valence-corrected chi connectivity index (χ3v) is 2.16. The van der Waals surface area contributed by atoms with E-state index in [1.807, 2.05) is 0 Å². The van der Waals surface area contributed by atoms with Gasteiger partial charge in [-0.1, -0.05) is 6.07 Å². The van der Waals surface area contributed by atoms with Crippen LogP contribution in [0.3, 0.4) is 0 Å². The molecule has 0 aliphatic heterocycles. The van der Waals surface area contributed by atoms with Gasteiger partial charge in [-0.3, -0.25) is 4.79 Å². The fourth-order valence-corrected chi connectivity index (χ4v) is 1.54. The van der Waals surface area contributed by atoms with Gasteiger partial charge < -0.3 is 4.90 Å². The highest BCUT2D eigenvalue weighted by Gasteiger charge is 2.31. The van der Waals surface area contributed by atoms with Crippen LogP contribution in [-0.2, 0) is 0 Å². The highest BCUT2D eigenvalue weighted by Crippen LogP contribution is 2.27. The average molecular weight is 249 g/mol. The van der Waals surface area contributed by atoms with Gasteiger partial charge in [-0.25, -0.2) is 4.39 Å². The number of halogens is 4. The van der Waals surface area contributed by atoms with Gasteiger partial charge in [-0.2, -0.15) is 13.2 Å². The summed E-state index contributed by atoms with van der Waals surface area (Å²) in [6.45, 7) is -0.131. The van der Waals surface area contributed by atoms with Crippen molar-refractivity contribution in [1.29, 1.82) is 0 Å². The van der Waals surface area contributed by atoms with Gasteiger partial charge in [-0.05, 0) is 19.1 Å². The SMILES string of the molecule is CC(=O)c1cccc(F)c1N(C)CC(F)(F)F. The lowest BCUT2D eigenvalue weighted by Crippen LogP contribution is -2.32. The summed E-state index contributed by atoms with van der Waals surface area (Å²) in [6.07, 6.45) is -4.45. The number of benzene rings is 1. The average Bonchev–Trinajstić information content (AvgIpc) is 2.13. The lowest BCUT2D eigenvalue weighted by Gasteiger charge is -2.23. The van der Waals surface area contributed by atoms with E-state index in [-0.39, 0.29) is 11.3 Å². The Bertz CT molecular complexity index is 428. The molecule has 2 nitrogen and oxygen atoms in total. The summed E-state index contributed by atoms with van der Waals surface area (Å²) in [5.74, 6) is -1.32. The lowest BCUT2D eigenvalue weighted by molar-refractivity contribution is -0.119. The predicted molar refractivity (Wildman–Crippen MR) is 55.7 cm³/mol. The Hall–Kier alpha value is -1.59. The summed E-state index contributed by atoms with van der Waals surface area (Å²) in [5, 5.41) is 0. The summed E-state index contributed by atoms with van der Waals surface area (Å²) >= 11 is 0. The zero-order valence-electron chi connectivity index (χ0n) is 9.31. The Kier molecular flexibility index (Phi) is 3.75. The van der Waals surface area contributed by atoms with Crippen molar-refractivity contribution in [3.63, 3.8) is 0 Å². The monoisotopic (exact) mass is 249 g/mol. The molecule has 6 heteroatoms. The molecule has 0 fully saturated rings. The zero-order chi connectivity index (χ0) is 13.2. The first-order chi connectivity index (χ1) is 7.72. The summed E-state index contributed by atoms with van der Waals surface area (Å²) in [5.41, 5.74) is -0.380. The molecule has 0 aromatic heterocycles. The van der Waals surface area contributed by atoms with Crippen molar-refractivity contribution in [2.45, 2.75) is 13.1 Å². The third-order valence-electron chi connectivity index (χ3n) is 2.16. The number of rotatable bonds is 3. The number of alkyl halides is 3. The van der Waals surface area contributed by atoms with Crippen LogP contribution in [0.4, 0.5) is 23.2 Å². The maximum absolute atomic E-state index is 13.5. The first kappa shape index (κ1) is 13.5. The van der Waals surface area contributed by atoms with E-state index in [0.717, 1.165) is 13.1 Å². The fourth-order valence-electron chi connectivity index (χ4n) is 1.54. The fraction of sp³-hybridized carbons (Fsp3) is 0.364. The van der Waals surface area contributed by atoms with Gasteiger partial charge in [0.25, 0.3) is 0 Å². The van der Waals surface area contributed by atoms with Crippen LogP contribution in [0.15, 0.2) is 18.2 Å². The Balaban J connectivity index is 3.16. The first-order valence-electron chi connectivity index (χ1n) is 4.79. The molecular formula is C11H11F4NO. The van der Waals surface area contributed by atoms with Crippen LogP contribution in [0, 0.1) is 5.82 Å². The van der Waals surface area contributed by atoms with E-state index in [0.29, 0.717) is 4.90 Å². The van der Waals surface area contributed by atoms with Crippen LogP contribution in [0.5, 0.6) is 0 Å². The second kappa shape index (κ2) is 4.73. The largest absolute Gasteiger partial charge is 0.405 e. The van der Waals surface area contributed by atoms with Crippen LogP contribution in [0.25, 0.3) is 0 Å². The quantitative estimate of drug-likeness (QED) is 0.606. The summed E-state index contributed by atoms with van der Waals surface area (Å²) < 4.78 is 50.1. The molecule has 0 saturated heterocycles. The second-order valence-corrected chi connectivity index (χ2v) is 3.66. The molecule has 0 aliphatic carbocycles. The molecule has 0 unspecified atom stereocenters. The molecule has 0 aliphatic rings. The maximum Gasteiger partial charge on any atom is 0.405 e. The number of Topliss-reactive ketones (excluding diaryl/α,β-unsaturated/α-hetero) is 1. The Morgan fingerprint density at radius 3 is 2.41 bits per heavy atom. The molecule has 1 aromatic carbocycles. The van der Waals surface area contributed by atoms with Crippen molar-refractivity contribution in [3.8, 4) is 0 Å². The van der Waals surface area contributed by atoms with Crippen molar-refractivity contribution in [2.24, 2.45) is 0 Å². The Morgan fingerprint density at radius 1 is 1.35 bits per heavy atom. The predicted octanol–water partition coefficient (Wildman–Crippen LogP) is 3.03. The summed E-state index contributed by atoms with van der Waals surface area (Å²) in [6, 6.07) is 3.61. The lowest BCUT2D eigenvalue weighted by atomic mass is 10.1. The molecule has 94 valence electrons. The van der Waals surface area contributed by atoms with E-state index in [1.54, 1.807) is 0 Å². The van der Waals surface area contributed by atoms with E-state index in [4.69, 9.17) is 0 Å². The third kappa shape index (κ3) is 3.44. The van der Waals surface area contributed by atoms with Crippen LogP contribution in [0.1, 0.15) is 17.3 Å². The van der Waals surface area contributed by atoms with Gasteiger partial charge in [-0.15, -0.1) is 0 Å². The molecule has 0 N–H and O–H groups in total. The van der Waals surface area contributed by atoms with E-state index in [2.05, 4.69) is 0 Å². The maximum atomic E-state index is 13.5. The molecule has 0 radical (unpaired) electrons. The van der Waals surface area contributed by atoms with Crippen molar-refractivity contribution in [2.75, 3.05) is 18.5 Å². The minimum Gasteiger partial charge on any atom is -0.363 e. The van der Waals surface area contributed by atoms with Crippen molar-refractivity contribution in [3.05, 3.63) is 29.6 Å². The minimum atomic E-state index is -4.45. The van der Waals surface area contributed by atoms with Gasteiger partial charge >= 0.3 is 6.18 Å². The topological polar surface area (TPSA) is 20.3 Å². The van der Waals surface area contributed by atoms with Crippen molar-refractivity contribution in [1.82, 2.24) is 0 Å². The number of hydrogen-bond acceptors (Lipinski definition) is 2. The van der Waals surface area contributed by atoms with Gasteiger partial charge in [0.05, 0.1) is 5.69 Å². The second-order valence-electron chi connectivity index (χ2n) is 3.66. The number of hydrogen-bond donors (Lipinski definition) is 0. The number of carbonyl (C=O) groups is 1. The molecule has 1 rings (SSSR count). The van der Waals surface area contributed by atoms with Crippen molar-refractivity contribution < 1.29 is 22.4 Å². The first-order valence-corrected chi connectivity index (χ1v) is 4.79. The normalized spacial score (nSPS) is 11.4. The smallest absolute Gasteiger partial charge is 0.363 e. The van der Waals surface area contributed by atoms with Gasteiger partial charge in [0.1, 0.15) is 12.4 Å². The molecule has 0 bridgehead atoms. The van der Waals surface area contributed by atoms with Crippen LogP contribution < -0.4 is 4.90 Å². The Morgan fingerprint density at radius 2 is 1.94 bits per heavy atom. The number of nitrogens with zero attached hydrogens (tertiary/aromatic N) is 1. The standard InChI is InChI=1S/C11H11F4NO/c1-7(17)8-4-3-5-9(12)10(8)16(2)6-11(13,14)15/h3-5H,6H2,1-2H3. The molecule has 17 heavy (non-hydrogen) atoms. The van der Waals surface area contributed by atoms with Crippen molar-refractivity contribution >= 4 is 11.5 Å². The number of carbonyl (C=O) groups excluding carboxylic acids is 1. The highest BCUT2D eigenvalue weighted by atomic mass is 19.4. The van der Waals surface area contributed by atoms with Crippen LogP contribution in [-0.4, -0.2) is 25.6 Å². The molecule has 0 heterocycles. The zero-order valence-corrected chi connectivity index (χ0v) is 9.31. The Labute approximate surface area is 95.8 Å². The molecule has 0 spiro atoms. The summed E-state index contributed by atoms with van der Waals surface area (Å²) in [4.78, 5) is 11.9. The van der Waals surface area contributed by atoms with Crippen LogP contribution >= 0.6 is 0 Å². The molecule has 0 amide bonds. The number of anilines is 1. The molecular weight excluding hydrogens is 238 g/mol. The van der Waals surface area contributed by atoms with E-state index >= 15 is 0 Å². The molecule has 1 aromatic rings. The number of para-hydroxylation sites is 1. The van der Waals surface area contributed by atoms with Crippen LogP contribution in [0.2, 0.25) is 0 Å².